The lowest BCUT2D eigenvalue weighted by molar-refractivity contribution is 0.415. The minimum Gasteiger partial charge on any atom is -0.497 e. The standard InChI is InChI=1S/C21H22N4O3S2/c1-28-18-8-4-16(5-9-18)14-22-24-21-23-20(15-29-21)17-6-10-19(11-7-17)30(26,27)25-12-2-3-13-25/h4-11,14-15H,2-3,12-13H2,1H3,(H,23,24). The first-order chi connectivity index (χ1) is 14.6. The average molecular weight is 443 g/mol. The highest BCUT2D eigenvalue weighted by molar-refractivity contribution is 7.89. The van der Waals surface area contributed by atoms with Gasteiger partial charge in [0.05, 0.1) is 23.9 Å². The maximum Gasteiger partial charge on any atom is 0.243 e. The third-order valence-electron chi connectivity index (χ3n) is 4.85. The number of anilines is 1. The van der Waals surface area contributed by atoms with Crippen molar-refractivity contribution in [3.05, 3.63) is 59.5 Å². The molecule has 7 nitrogen and oxygen atoms in total. The molecule has 1 fully saturated rings. The minimum absolute atomic E-state index is 0.325. The molecule has 1 aromatic heterocycles. The number of nitrogens with one attached hydrogen (secondary N) is 1. The van der Waals surface area contributed by atoms with Gasteiger partial charge in [-0.15, -0.1) is 11.3 Å². The largest absolute Gasteiger partial charge is 0.497 e. The van der Waals surface area contributed by atoms with E-state index in [1.54, 1.807) is 41.9 Å². The Labute approximate surface area is 180 Å². The molecule has 2 aromatic carbocycles. The summed E-state index contributed by atoms with van der Waals surface area (Å²) in [6, 6.07) is 14.5. The highest BCUT2D eigenvalue weighted by atomic mass is 32.2. The van der Waals surface area contributed by atoms with Crippen LogP contribution in [0.1, 0.15) is 18.4 Å². The third kappa shape index (κ3) is 4.53. The summed E-state index contributed by atoms with van der Waals surface area (Å²) in [5.74, 6) is 0.795. The van der Waals surface area contributed by atoms with E-state index < -0.39 is 10.0 Å². The first kappa shape index (κ1) is 20.5. The van der Waals surface area contributed by atoms with Crippen molar-refractivity contribution in [2.45, 2.75) is 17.7 Å². The van der Waals surface area contributed by atoms with E-state index in [0.29, 0.717) is 23.1 Å². The number of aromatic nitrogens is 1. The van der Waals surface area contributed by atoms with Gasteiger partial charge in [-0.25, -0.2) is 13.4 Å². The SMILES string of the molecule is COc1ccc(C=NNc2nc(-c3ccc(S(=O)(=O)N4CCCC4)cc3)cs2)cc1. The van der Waals surface area contributed by atoms with Crippen LogP contribution in [0, 0.1) is 0 Å². The van der Waals surface area contributed by atoms with Crippen LogP contribution in [0.3, 0.4) is 0 Å². The van der Waals surface area contributed by atoms with Crippen LogP contribution >= 0.6 is 11.3 Å². The quantitative estimate of drug-likeness (QED) is 0.441. The summed E-state index contributed by atoms with van der Waals surface area (Å²) in [7, 11) is -1.77. The van der Waals surface area contributed by atoms with Gasteiger partial charge in [0, 0.05) is 24.0 Å². The van der Waals surface area contributed by atoms with Gasteiger partial charge >= 0.3 is 0 Å². The first-order valence-electron chi connectivity index (χ1n) is 9.55. The molecule has 4 rings (SSSR count). The lowest BCUT2D eigenvalue weighted by Crippen LogP contribution is -2.27. The number of hydrazone groups is 1. The maximum absolute atomic E-state index is 12.6. The van der Waals surface area contributed by atoms with Crippen LogP contribution < -0.4 is 10.2 Å². The Morgan fingerprint density at radius 2 is 1.80 bits per heavy atom. The fraction of sp³-hybridized carbons (Fsp3) is 0.238. The lowest BCUT2D eigenvalue weighted by Gasteiger charge is -2.15. The van der Waals surface area contributed by atoms with E-state index in [1.165, 1.54) is 11.3 Å². The van der Waals surface area contributed by atoms with Crippen molar-refractivity contribution in [1.82, 2.24) is 9.29 Å². The van der Waals surface area contributed by atoms with Crippen molar-refractivity contribution in [3.63, 3.8) is 0 Å². The van der Waals surface area contributed by atoms with Gasteiger partial charge in [0.15, 0.2) is 0 Å². The van der Waals surface area contributed by atoms with Crippen LogP contribution in [0.2, 0.25) is 0 Å². The Morgan fingerprint density at radius 1 is 1.10 bits per heavy atom. The lowest BCUT2D eigenvalue weighted by atomic mass is 10.2. The Bertz CT molecular complexity index is 1120. The predicted octanol–water partition coefficient (Wildman–Crippen LogP) is 4.05. The second-order valence-corrected chi connectivity index (χ2v) is 9.61. The fourth-order valence-corrected chi connectivity index (χ4v) is 5.37. The number of hydrogen-bond acceptors (Lipinski definition) is 7. The molecule has 2 heterocycles. The minimum atomic E-state index is -3.40. The second-order valence-electron chi connectivity index (χ2n) is 6.82. The van der Waals surface area contributed by atoms with Crippen molar-refractivity contribution < 1.29 is 13.2 Å². The second kappa shape index (κ2) is 8.95. The van der Waals surface area contributed by atoms with Gasteiger partial charge < -0.3 is 4.74 Å². The van der Waals surface area contributed by atoms with Gasteiger partial charge in [0.2, 0.25) is 15.2 Å². The average Bonchev–Trinajstić information content (AvgIpc) is 3.47. The van der Waals surface area contributed by atoms with Crippen LogP contribution in [0.4, 0.5) is 5.13 Å². The highest BCUT2D eigenvalue weighted by Crippen LogP contribution is 2.27. The van der Waals surface area contributed by atoms with Crippen LogP contribution in [-0.4, -0.2) is 44.1 Å². The smallest absolute Gasteiger partial charge is 0.243 e. The van der Waals surface area contributed by atoms with E-state index in [-0.39, 0.29) is 0 Å². The first-order valence-corrected chi connectivity index (χ1v) is 11.9. The molecule has 0 amide bonds. The maximum atomic E-state index is 12.6. The van der Waals surface area contributed by atoms with E-state index in [0.717, 1.165) is 35.4 Å². The Balaban J connectivity index is 1.41. The molecule has 0 saturated carbocycles. The van der Waals surface area contributed by atoms with Crippen LogP contribution in [-0.2, 0) is 10.0 Å². The van der Waals surface area contributed by atoms with Crippen molar-refractivity contribution in [2.24, 2.45) is 5.10 Å². The number of nitrogens with zero attached hydrogens (tertiary/aromatic N) is 3. The summed E-state index contributed by atoms with van der Waals surface area (Å²) in [5.41, 5.74) is 5.50. The molecule has 0 atom stereocenters. The monoisotopic (exact) mass is 442 g/mol. The number of methoxy groups -OCH3 is 1. The molecule has 1 saturated heterocycles. The van der Waals surface area contributed by atoms with E-state index in [1.807, 2.05) is 29.6 Å². The molecule has 1 aliphatic heterocycles. The zero-order chi connectivity index (χ0) is 21.0. The molecular weight excluding hydrogens is 420 g/mol. The summed E-state index contributed by atoms with van der Waals surface area (Å²) < 4.78 is 32.0. The zero-order valence-corrected chi connectivity index (χ0v) is 18.1. The van der Waals surface area contributed by atoms with E-state index in [2.05, 4.69) is 15.5 Å². The number of benzene rings is 2. The summed E-state index contributed by atoms with van der Waals surface area (Å²) in [6.07, 6.45) is 3.55. The molecule has 1 aliphatic rings. The van der Waals surface area contributed by atoms with Gasteiger partial charge in [0.25, 0.3) is 0 Å². The number of hydrogen-bond donors (Lipinski definition) is 1. The molecule has 0 unspecified atom stereocenters. The zero-order valence-electron chi connectivity index (χ0n) is 16.5. The summed E-state index contributed by atoms with van der Waals surface area (Å²) in [6.45, 7) is 1.20. The van der Waals surface area contributed by atoms with Crippen molar-refractivity contribution in [1.29, 1.82) is 0 Å². The van der Waals surface area contributed by atoms with Crippen molar-refractivity contribution in [2.75, 3.05) is 25.6 Å². The fourth-order valence-electron chi connectivity index (χ4n) is 3.18. The molecular formula is C21H22N4O3S2. The molecule has 3 aromatic rings. The van der Waals surface area contributed by atoms with Gasteiger partial charge in [-0.3, -0.25) is 5.43 Å². The predicted molar refractivity (Wildman–Crippen MR) is 120 cm³/mol. The van der Waals surface area contributed by atoms with Gasteiger partial charge in [0.1, 0.15) is 5.75 Å². The number of thiazole rings is 1. The van der Waals surface area contributed by atoms with Gasteiger partial charge in [-0.05, 0) is 54.8 Å². The van der Waals surface area contributed by atoms with Gasteiger partial charge in [-0.1, -0.05) is 12.1 Å². The van der Waals surface area contributed by atoms with Crippen LogP contribution in [0.15, 0.2) is 63.9 Å². The topological polar surface area (TPSA) is 83.9 Å². The molecule has 0 aliphatic carbocycles. The number of sulfonamides is 1. The Kier molecular flexibility index (Phi) is 6.12. The molecule has 9 heteroatoms. The molecule has 156 valence electrons. The van der Waals surface area contributed by atoms with E-state index in [9.17, 15) is 8.42 Å². The molecule has 1 N–H and O–H groups in total. The summed E-state index contributed by atoms with van der Waals surface area (Å²) in [4.78, 5) is 4.85. The van der Waals surface area contributed by atoms with Crippen LogP contribution in [0.25, 0.3) is 11.3 Å². The summed E-state index contributed by atoms with van der Waals surface area (Å²) in [5, 5.41) is 6.78. The Hall–Kier alpha value is -2.75. The molecule has 0 spiro atoms. The number of rotatable bonds is 7. The highest BCUT2D eigenvalue weighted by Gasteiger charge is 2.26. The normalized spacial score (nSPS) is 15.0. The van der Waals surface area contributed by atoms with E-state index >= 15 is 0 Å². The Morgan fingerprint density at radius 3 is 2.47 bits per heavy atom. The molecule has 0 bridgehead atoms. The van der Waals surface area contributed by atoms with E-state index in [4.69, 9.17) is 4.74 Å². The summed E-state index contributed by atoms with van der Waals surface area (Å²) >= 11 is 1.43. The molecule has 0 radical (unpaired) electrons. The molecule has 30 heavy (non-hydrogen) atoms. The van der Waals surface area contributed by atoms with Crippen LogP contribution in [0.5, 0.6) is 5.75 Å². The van der Waals surface area contributed by atoms with Crippen molar-refractivity contribution in [3.8, 4) is 17.0 Å². The van der Waals surface area contributed by atoms with Gasteiger partial charge in [-0.2, -0.15) is 9.41 Å². The number of ether oxygens (including phenoxy) is 1. The third-order valence-corrected chi connectivity index (χ3v) is 7.51. The van der Waals surface area contributed by atoms with Crippen molar-refractivity contribution >= 4 is 32.7 Å².